The summed E-state index contributed by atoms with van der Waals surface area (Å²) in [6, 6.07) is 13.0. The molecule has 0 aliphatic rings. The van der Waals surface area contributed by atoms with Gasteiger partial charge in [0.1, 0.15) is 11.5 Å². The molecule has 0 unspecified atom stereocenters. The van der Waals surface area contributed by atoms with Crippen LogP contribution in [0.3, 0.4) is 0 Å². The van der Waals surface area contributed by atoms with Gasteiger partial charge in [0.15, 0.2) is 5.65 Å². The number of hydrogen-bond acceptors (Lipinski definition) is 5. The summed E-state index contributed by atoms with van der Waals surface area (Å²) in [6.07, 6.45) is 3.15. The van der Waals surface area contributed by atoms with Gasteiger partial charge in [-0.2, -0.15) is 0 Å². The smallest absolute Gasteiger partial charge is 0.269 e. The number of aromatic nitrogens is 3. The molecular weight excluding hydrogens is 393 g/mol. The molecule has 29 heavy (non-hydrogen) atoms. The van der Waals surface area contributed by atoms with E-state index in [2.05, 4.69) is 25.6 Å². The maximum atomic E-state index is 14.4. The van der Waals surface area contributed by atoms with E-state index in [-0.39, 0.29) is 17.2 Å². The van der Waals surface area contributed by atoms with Crippen LogP contribution in [0.5, 0.6) is 0 Å². The third kappa shape index (κ3) is 3.86. The van der Waals surface area contributed by atoms with Gasteiger partial charge in [0.05, 0.1) is 11.4 Å². The lowest BCUT2D eigenvalue weighted by Gasteiger charge is -2.13. The first-order chi connectivity index (χ1) is 14.0. The molecule has 0 fully saturated rings. The zero-order chi connectivity index (χ0) is 20.4. The second-order valence-corrected chi connectivity index (χ2v) is 6.62. The molecule has 4 aromatic rings. The molecule has 0 bridgehead atoms. The Morgan fingerprint density at radius 1 is 1.07 bits per heavy atom. The van der Waals surface area contributed by atoms with Crippen molar-refractivity contribution in [3.63, 3.8) is 0 Å². The topological polar surface area (TPSA) is 79.8 Å². The molecule has 0 saturated carbocycles. The Morgan fingerprint density at radius 3 is 2.76 bits per heavy atom. The molecular formula is C21H15ClFN5O. The average Bonchev–Trinajstić information content (AvgIpc) is 2.75. The first-order valence-corrected chi connectivity index (χ1v) is 9.09. The number of rotatable bonds is 4. The zero-order valence-corrected chi connectivity index (χ0v) is 16.0. The molecule has 6 nitrogen and oxygen atoms in total. The van der Waals surface area contributed by atoms with E-state index >= 15 is 0 Å². The Bertz CT molecular complexity index is 1230. The molecule has 1 amide bonds. The van der Waals surface area contributed by atoms with Crippen LogP contribution in [-0.4, -0.2) is 27.9 Å². The van der Waals surface area contributed by atoms with Crippen molar-refractivity contribution >= 4 is 39.9 Å². The molecule has 0 saturated heterocycles. The second-order valence-electron chi connectivity index (χ2n) is 6.19. The van der Waals surface area contributed by atoms with E-state index in [0.717, 1.165) is 5.39 Å². The molecule has 0 aliphatic heterocycles. The van der Waals surface area contributed by atoms with Gasteiger partial charge in [-0.25, -0.2) is 14.4 Å². The van der Waals surface area contributed by atoms with Gasteiger partial charge in [-0.3, -0.25) is 9.78 Å². The molecule has 0 atom stereocenters. The van der Waals surface area contributed by atoms with Crippen LogP contribution in [0.2, 0.25) is 5.02 Å². The molecule has 4 rings (SSSR count). The van der Waals surface area contributed by atoms with Crippen LogP contribution in [0.4, 0.5) is 15.8 Å². The summed E-state index contributed by atoms with van der Waals surface area (Å²) < 4.78 is 14.4. The number of nitrogens with zero attached hydrogens (tertiary/aromatic N) is 3. The van der Waals surface area contributed by atoms with Crippen molar-refractivity contribution in [2.45, 2.75) is 0 Å². The Balaban J connectivity index is 1.84. The van der Waals surface area contributed by atoms with Crippen molar-refractivity contribution in [3.8, 4) is 11.3 Å². The van der Waals surface area contributed by atoms with E-state index in [0.29, 0.717) is 27.7 Å². The van der Waals surface area contributed by atoms with E-state index in [1.807, 2.05) is 6.07 Å². The zero-order valence-electron chi connectivity index (χ0n) is 15.3. The van der Waals surface area contributed by atoms with Crippen molar-refractivity contribution < 1.29 is 9.18 Å². The Morgan fingerprint density at radius 2 is 1.93 bits per heavy atom. The summed E-state index contributed by atoms with van der Waals surface area (Å²) in [5, 5.41) is 6.95. The SMILES string of the molecule is CNC(=O)c1cc(Nc2cc(-c3cc(Cl)ccc3F)nc3ncccc23)ccn1. The number of nitrogens with one attached hydrogen (secondary N) is 2. The van der Waals surface area contributed by atoms with Crippen LogP contribution in [0, 0.1) is 5.82 Å². The summed E-state index contributed by atoms with van der Waals surface area (Å²) in [4.78, 5) is 24.7. The van der Waals surface area contributed by atoms with Crippen LogP contribution in [0.25, 0.3) is 22.3 Å². The highest BCUT2D eigenvalue weighted by Gasteiger charge is 2.13. The first-order valence-electron chi connectivity index (χ1n) is 8.71. The van der Waals surface area contributed by atoms with Crippen molar-refractivity contribution in [2.24, 2.45) is 0 Å². The minimum absolute atomic E-state index is 0.272. The fraction of sp³-hybridized carbons (Fsp3) is 0.0476. The Hall–Kier alpha value is -3.58. The van der Waals surface area contributed by atoms with Gasteiger partial charge in [0.2, 0.25) is 0 Å². The third-order valence-corrected chi connectivity index (χ3v) is 4.52. The summed E-state index contributed by atoms with van der Waals surface area (Å²) in [7, 11) is 1.54. The molecule has 3 aromatic heterocycles. The number of fused-ring (bicyclic) bond motifs is 1. The van der Waals surface area contributed by atoms with Crippen LogP contribution in [0.15, 0.2) is 60.9 Å². The summed E-state index contributed by atoms with van der Waals surface area (Å²) in [6.45, 7) is 0. The first kappa shape index (κ1) is 18.8. The number of anilines is 2. The van der Waals surface area contributed by atoms with Gasteiger partial charge in [0, 0.05) is 41.1 Å². The minimum atomic E-state index is -0.436. The standard InChI is InChI=1S/C21H15ClFN5O/c1-24-21(29)19-10-13(6-8-25-19)27-17-11-18(15-9-12(22)4-5-16(15)23)28-20-14(17)3-2-7-26-20/h2-11H,1H3,(H,24,29)(H,25,26,27,28). The highest BCUT2D eigenvalue weighted by molar-refractivity contribution is 6.30. The van der Waals surface area contributed by atoms with Crippen molar-refractivity contribution in [1.82, 2.24) is 20.3 Å². The number of pyridine rings is 3. The number of halogens is 2. The molecule has 0 spiro atoms. The van der Waals surface area contributed by atoms with Gasteiger partial charge in [0.25, 0.3) is 5.91 Å². The van der Waals surface area contributed by atoms with Gasteiger partial charge < -0.3 is 10.6 Å². The van der Waals surface area contributed by atoms with E-state index in [1.165, 1.54) is 31.4 Å². The lowest BCUT2D eigenvalue weighted by molar-refractivity contribution is 0.0958. The van der Waals surface area contributed by atoms with Gasteiger partial charge in [-0.1, -0.05) is 11.6 Å². The molecule has 8 heteroatoms. The molecule has 144 valence electrons. The third-order valence-electron chi connectivity index (χ3n) is 4.29. The molecule has 1 aromatic carbocycles. The van der Waals surface area contributed by atoms with Crippen molar-refractivity contribution in [3.05, 3.63) is 77.5 Å². The summed E-state index contributed by atoms with van der Waals surface area (Å²) in [5.41, 5.74) is 2.69. The van der Waals surface area contributed by atoms with Crippen LogP contribution < -0.4 is 10.6 Å². The fourth-order valence-electron chi connectivity index (χ4n) is 2.91. The number of carbonyl (C=O) groups is 1. The van der Waals surface area contributed by atoms with Crippen LogP contribution in [0.1, 0.15) is 10.5 Å². The van der Waals surface area contributed by atoms with Crippen molar-refractivity contribution in [1.29, 1.82) is 0 Å². The molecule has 0 radical (unpaired) electrons. The Labute approximate surface area is 170 Å². The molecule has 3 heterocycles. The number of carbonyl (C=O) groups excluding carboxylic acids is 1. The van der Waals surface area contributed by atoms with Gasteiger partial charge >= 0.3 is 0 Å². The summed E-state index contributed by atoms with van der Waals surface area (Å²) in [5.74, 6) is -0.731. The second kappa shape index (κ2) is 7.81. The quantitative estimate of drug-likeness (QED) is 0.517. The van der Waals surface area contributed by atoms with Crippen LogP contribution in [-0.2, 0) is 0 Å². The van der Waals surface area contributed by atoms with E-state index in [1.54, 1.807) is 30.5 Å². The largest absolute Gasteiger partial charge is 0.355 e. The molecule has 0 aliphatic carbocycles. The minimum Gasteiger partial charge on any atom is -0.355 e. The summed E-state index contributed by atoms with van der Waals surface area (Å²) >= 11 is 6.04. The number of amides is 1. The highest BCUT2D eigenvalue weighted by Crippen LogP contribution is 2.32. The lowest BCUT2D eigenvalue weighted by atomic mass is 10.1. The highest BCUT2D eigenvalue weighted by atomic mass is 35.5. The van der Waals surface area contributed by atoms with Crippen molar-refractivity contribution in [2.75, 3.05) is 12.4 Å². The number of benzene rings is 1. The number of hydrogen-bond donors (Lipinski definition) is 2. The fourth-order valence-corrected chi connectivity index (χ4v) is 3.08. The normalized spacial score (nSPS) is 10.7. The van der Waals surface area contributed by atoms with E-state index in [4.69, 9.17) is 11.6 Å². The van der Waals surface area contributed by atoms with E-state index in [9.17, 15) is 9.18 Å². The maximum absolute atomic E-state index is 14.4. The van der Waals surface area contributed by atoms with E-state index < -0.39 is 5.82 Å². The van der Waals surface area contributed by atoms with Gasteiger partial charge in [-0.15, -0.1) is 0 Å². The lowest BCUT2D eigenvalue weighted by Crippen LogP contribution is -2.19. The molecule has 2 N–H and O–H groups in total. The predicted molar refractivity (Wildman–Crippen MR) is 111 cm³/mol. The van der Waals surface area contributed by atoms with Crippen LogP contribution >= 0.6 is 11.6 Å². The van der Waals surface area contributed by atoms with Gasteiger partial charge in [-0.05, 0) is 48.5 Å². The average molecular weight is 408 g/mol. The predicted octanol–water partition coefficient (Wildman–Crippen LogP) is 4.59. The maximum Gasteiger partial charge on any atom is 0.269 e. The monoisotopic (exact) mass is 407 g/mol. The Kier molecular flexibility index (Phi) is 5.05.